The molecule has 1 N–H and O–H groups in total. The average Bonchev–Trinajstić information content (AvgIpc) is 2.93. The summed E-state index contributed by atoms with van der Waals surface area (Å²) in [7, 11) is 1.39. The minimum atomic E-state index is -0.614. The second-order valence-corrected chi connectivity index (χ2v) is 6.10. The van der Waals surface area contributed by atoms with Crippen molar-refractivity contribution in [3.05, 3.63) is 63.7 Å². The number of hydrogen-bond donors (Lipinski definition) is 1. The number of imide groups is 1. The van der Waals surface area contributed by atoms with Gasteiger partial charge in [0.1, 0.15) is 11.4 Å². The number of nitro benzene ring substituents is 1. The lowest BCUT2D eigenvalue weighted by Gasteiger charge is -2.13. The van der Waals surface area contributed by atoms with Crippen molar-refractivity contribution in [1.29, 1.82) is 0 Å². The van der Waals surface area contributed by atoms with E-state index in [4.69, 9.17) is 4.74 Å². The summed E-state index contributed by atoms with van der Waals surface area (Å²) in [4.78, 5) is 48.3. The fourth-order valence-corrected chi connectivity index (χ4v) is 2.95. The number of hydrogen-bond acceptors (Lipinski definition) is 6. The van der Waals surface area contributed by atoms with Crippen molar-refractivity contribution in [2.24, 2.45) is 0 Å². The molecule has 0 unspecified atom stereocenters. The van der Waals surface area contributed by atoms with Crippen LogP contribution >= 0.6 is 0 Å². The van der Waals surface area contributed by atoms with E-state index in [2.05, 4.69) is 5.32 Å². The molecule has 1 heterocycles. The van der Waals surface area contributed by atoms with Crippen LogP contribution in [0.2, 0.25) is 0 Å². The number of nitrogens with one attached hydrogen (secondary N) is 1. The van der Waals surface area contributed by atoms with E-state index in [9.17, 15) is 24.5 Å². The molecular weight excluding hydrogens is 366 g/mol. The van der Waals surface area contributed by atoms with E-state index in [1.54, 1.807) is 24.3 Å². The monoisotopic (exact) mass is 383 g/mol. The first kappa shape index (κ1) is 19.0. The Morgan fingerprint density at radius 3 is 2.36 bits per heavy atom. The number of fused-ring (bicyclic) bond motifs is 1. The molecule has 144 valence electrons. The first-order valence-electron chi connectivity index (χ1n) is 8.50. The van der Waals surface area contributed by atoms with Gasteiger partial charge in [0.15, 0.2) is 0 Å². The molecule has 1 aliphatic rings. The molecule has 1 aliphatic heterocycles. The van der Waals surface area contributed by atoms with Gasteiger partial charge >= 0.3 is 0 Å². The number of rotatable bonds is 7. The Hall–Kier alpha value is -3.75. The van der Waals surface area contributed by atoms with E-state index in [-0.39, 0.29) is 42.6 Å². The minimum Gasteiger partial charge on any atom is -0.496 e. The standard InChI is InChI=1S/C19H17N3O6/c1-28-12-8-9-15(16(11-12)22(26)27)20-17(23)7-4-10-21-18(24)13-5-2-3-6-14(13)19(21)25/h2-3,5-6,8-9,11H,4,7,10H2,1H3,(H,20,23). The van der Waals surface area contributed by atoms with Crippen LogP contribution in [0.15, 0.2) is 42.5 Å². The lowest BCUT2D eigenvalue weighted by atomic mass is 10.1. The Morgan fingerprint density at radius 2 is 1.79 bits per heavy atom. The zero-order chi connectivity index (χ0) is 20.3. The lowest BCUT2D eigenvalue weighted by molar-refractivity contribution is -0.384. The van der Waals surface area contributed by atoms with E-state index in [0.29, 0.717) is 16.9 Å². The summed E-state index contributed by atoms with van der Waals surface area (Å²) in [6.45, 7) is 0.0878. The van der Waals surface area contributed by atoms with Gasteiger partial charge < -0.3 is 10.1 Å². The van der Waals surface area contributed by atoms with Gasteiger partial charge in [0, 0.05) is 13.0 Å². The second kappa shape index (κ2) is 7.87. The van der Waals surface area contributed by atoms with Crippen molar-refractivity contribution in [1.82, 2.24) is 4.90 Å². The number of benzene rings is 2. The molecule has 0 radical (unpaired) electrons. The summed E-state index contributed by atoms with van der Waals surface area (Å²) in [5, 5.41) is 13.6. The Kier molecular flexibility index (Phi) is 5.35. The molecule has 0 saturated carbocycles. The molecule has 3 amide bonds. The van der Waals surface area contributed by atoms with E-state index in [1.165, 1.54) is 25.3 Å². The average molecular weight is 383 g/mol. The van der Waals surface area contributed by atoms with Crippen molar-refractivity contribution < 1.29 is 24.0 Å². The molecular formula is C19H17N3O6. The lowest BCUT2D eigenvalue weighted by Crippen LogP contribution is -2.31. The van der Waals surface area contributed by atoms with Gasteiger partial charge in [-0.25, -0.2) is 0 Å². The zero-order valence-electron chi connectivity index (χ0n) is 15.0. The molecule has 0 atom stereocenters. The van der Waals surface area contributed by atoms with E-state index < -0.39 is 10.8 Å². The highest BCUT2D eigenvalue weighted by Gasteiger charge is 2.34. The molecule has 0 aromatic heterocycles. The predicted octanol–water partition coefficient (Wildman–Crippen LogP) is 2.62. The van der Waals surface area contributed by atoms with Crippen molar-refractivity contribution in [2.75, 3.05) is 19.0 Å². The molecule has 0 fully saturated rings. The van der Waals surface area contributed by atoms with E-state index in [0.717, 1.165) is 4.90 Å². The Balaban J connectivity index is 1.58. The molecule has 9 nitrogen and oxygen atoms in total. The molecule has 2 aromatic carbocycles. The first-order valence-corrected chi connectivity index (χ1v) is 8.50. The third kappa shape index (κ3) is 3.68. The normalized spacial score (nSPS) is 12.7. The quantitative estimate of drug-likeness (QED) is 0.446. The fourth-order valence-electron chi connectivity index (χ4n) is 2.95. The van der Waals surface area contributed by atoms with E-state index >= 15 is 0 Å². The zero-order valence-corrected chi connectivity index (χ0v) is 15.0. The molecule has 9 heteroatoms. The molecule has 2 aromatic rings. The van der Waals surface area contributed by atoms with Crippen molar-refractivity contribution >= 4 is 29.1 Å². The highest BCUT2D eigenvalue weighted by Crippen LogP contribution is 2.29. The number of methoxy groups -OCH3 is 1. The summed E-state index contributed by atoms with van der Waals surface area (Å²) in [6.07, 6.45) is 0.234. The van der Waals surface area contributed by atoms with Gasteiger partial charge in [0.05, 0.1) is 29.2 Å². The van der Waals surface area contributed by atoms with Crippen LogP contribution in [0.1, 0.15) is 33.6 Å². The Bertz CT molecular complexity index is 937. The van der Waals surface area contributed by atoms with Crippen LogP contribution in [0.5, 0.6) is 5.75 Å². The van der Waals surface area contributed by atoms with Crippen LogP contribution in [0, 0.1) is 10.1 Å². The number of ether oxygens (including phenoxy) is 1. The van der Waals surface area contributed by atoms with Crippen LogP contribution in [0.3, 0.4) is 0 Å². The number of amides is 3. The van der Waals surface area contributed by atoms with Crippen LogP contribution in [-0.4, -0.2) is 41.2 Å². The van der Waals surface area contributed by atoms with Crippen LogP contribution in [0.25, 0.3) is 0 Å². The number of anilines is 1. The molecule has 0 saturated heterocycles. The summed E-state index contributed by atoms with van der Waals surface area (Å²) in [5.41, 5.74) is 0.473. The van der Waals surface area contributed by atoms with Gasteiger partial charge in [-0.15, -0.1) is 0 Å². The number of carbonyl (C=O) groups is 3. The molecule has 0 spiro atoms. The third-order valence-corrected chi connectivity index (χ3v) is 4.34. The maximum Gasteiger partial charge on any atom is 0.296 e. The smallest absolute Gasteiger partial charge is 0.296 e. The summed E-state index contributed by atoms with van der Waals surface area (Å²) >= 11 is 0. The predicted molar refractivity (Wildman–Crippen MR) is 99.3 cm³/mol. The first-order chi connectivity index (χ1) is 13.4. The Labute approximate surface area is 160 Å². The fraction of sp³-hybridized carbons (Fsp3) is 0.211. The molecule has 28 heavy (non-hydrogen) atoms. The SMILES string of the molecule is COc1ccc(NC(=O)CCCN2C(=O)c3ccccc3C2=O)c([N+](=O)[O-])c1. The number of nitro groups is 1. The van der Waals surface area contributed by atoms with E-state index in [1.807, 2.05) is 0 Å². The van der Waals surface area contributed by atoms with Gasteiger partial charge in [-0.05, 0) is 30.7 Å². The minimum absolute atomic E-state index is 0.00338. The highest BCUT2D eigenvalue weighted by atomic mass is 16.6. The molecule has 0 bridgehead atoms. The van der Waals surface area contributed by atoms with Crippen molar-refractivity contribution in [3.8, 4) is 5.75 Å². The Morgan fingerprint density at radius 1 is 1.14 bits per heavy atom. The molecule has 3 rings (SSSR count). The van der Waals surface area contributed by atoms with Gasteiger partial charge in [0.2, 0.25) is 5.91 Å². The van der Waals surface area contributed by atoms with Gasteiger partial charge in [-0.2, -0.15) is 0 Å². The van der Waals surface area contributed by atoms with Crippen LogP contribution < -0.4 is 10.1 Å². The summed E-state index contributed by atoms with van der Waals surface area (Å²) < 4.78 is 4.95. The summed E-state index contributed by atoms with van der Waals surface area (Å²) in [5.74, 6) is -0.918. The van der Waals surface area contributed by atoms with Gasteiger partial charge in [-0.3, -0.25) is 29.4 Å². The topological polar surface area (TPSA) is 119 Å². The van der Waals surface area contributed by atoms with Crippen LogP contribution in [0.4, 0.5) is 11.4 Å². The van der Waals surface area contributed by atoms with Gasteiger partial charge in [-0.1, -0.05) is 12.1 Å². The number of carbonyl (C=O) groups excluding carboxylic acids is 3. The second-order valence-electron chi connectivity index (χ2n) is 6.10. The van der Waals surface area contributed by atoms with Crippen molar-refractivity contribution in [2.45, 2.75) is 12.8 Å². The number of nitrogens with zero attached hydrogens (tertiary/aromatic N) is 2. The van der Waals surface area contributed by atoms with Gasteiger partial charge in [0.25, 0.3) is 17.5 Å². The van der Waals surface area contributed by atoms with Crippen LogP contribution in [-0.2, 0) is 4.79 Å². The maximum atomic E-state index is 12.3. The third-order valence-electron chi connectivity index (χ3n) is 4.34. The molecule has 0 aliphatic carbocycles. The van der Waals surface area contributed by atoms with Crippen molar-refractivity contribution in [3.63, 3.8) is 0 Å². The maximum absolute atomic E-state index is 12.3. The summed E-state index contributed by atoms with van der Waals surface area (Å²) in [6, 6.07) is 10.6. The largest absolute Gasteiger partial charge is 0.496 e. The highest BCUT2D eigenvalue weighted by molar-refractivity contribution is 6.21.